The molecule has 0 fully saturated rings. The molecule has 0 amide bonds. The first-order valence-corrected chi connectivity index (χ1v) is 4.93. The molecule has 1 aromatic carbocycles. The summed E-state index contributed by atoms with van der Waals surface area (Å²) in [5, 5.41) is 15.3. The second-order valence-corrected chi connectivity index (χ2v) is 3.65. The van der Waals surface area contributed by atoms with Crippen LogP contribution < -0.4 is 0 Å². The highest BCUT2D eigenvalue weighted by atomic mass is 35.5. The van der Waals surface area contributed by atoms with Crippen molar-refractivity contribution < 1.29 is 4.92 Å². The van der Waals surface area contributed by atoms with Crippen molar-refractivity contribution in [3.8, 4) is 5.69 Å². The number of para-hydroxylation sites is 2. The summed E-state index contributed by atoms with van der Waals surface area (Å²) in [5.41, 5.74) is 1.06. The van der Waals surface area contributed by atoms with Crippen LogP contribution in [0.5, 0.6) is 0 Å². The summed E-state index contributed by atoms with van der Waals surface area (Å²) in [6.45, 7) is 1.77. The van der Waals surface area contributed by atoms with Crippen molar-refractivity contribution >= 4 is 17.3 Å². The molecule has 0 aliphatic carbocycles. The van der Waals surface area contributed by atoms with Gasteiger partial charge in [0.2, 0.25) is 0 Å². The summed E-state index contributed by atoms with van der Waals surface area (Å²) in [6, 6.07) is 7.99. The van der Waals surface area contributed by atoms with Crippen LogP contribution in [0.4, 0.5) is 5.69 Å². The predicted molar refractivity (Wildman–Crippen MR) is 60.0 cm³/mol. The van der Waals surface area contributed by atoms with Gasteiger partial charge in [-0.15, -0.1) is 0 Å². The normalized spacial score (nSPS) is 10.4. The van der Waals surface area contributed by atoms with Gasteiger partial charge in [0.15, 0.2) is 0 Å². The summed E-state index contributed by atoms with van der Waals surface area (Å²) < 4.78 is 1.36. The van der Waals surface area contributed by atoms with Crippen LogP contribution in [0, 0.1) is 17.0 Å². The second-order valence-electron chi connectivity index (χ2n) is 3.27. The fourth-order valence-electron chi connectivity index (χ4n) is 1.43. The van der Waals surface area contributed by atoms with Gasteiger partial charge >= 0.3 is 0 Å². The third kappa shape index (κ3) is 1.77. The number of aromatic nitrogens is 2. The van der Waals surface area contributed by atoms with E-state index in [1.807, 2.05) is 0 Å². The average molecular weight is 238 g/mol. The summed E-state index contributed by atoms with van der Waals surface area (Å²) in [5.74, 6) is 0. The summed E-state index contributed by atoms with van der Waals surface area (Å²) in [7, 11) is 0. The molecule has 2 rings (SSSR count). The van der Waals surface area contributed by atoms with E-state index in [1.165, 1.54) is 10.7 Å². The minimum Gasteiger partial charge on any atom is -0.258 e. The Balaban J connectivity index is 2.64. The minimum absolute atomic E-state index is 0.0208. The molecule has 1 heterocycles. The molecule has 0 aliphatic rings. The van der Waals surface area contributed by atoms with Crippen LogP contribution in [0.15, 0.2) is 30.3 Å². The maximum absolute atomic E-state index is 10.8. The first-order valence-electron chi connectivity index (χ1n) is 4.55. The molecule has 6 heteroatoms. The first kappa shape index (κ1) is 10.6. The van der Waals surface area contributed by atoms with Crippen molar-refractivity contribution in [2.75, 3.05) is 0 Å². The molecule has 1 aromatic heterocycles. The van der Waals surface area contributed by atoms with Gasteiger partial charge in [-0.25, -0.2) is 4.68 Å². The lowest BCUT2D eigenvalue weighted by molar-refractivity contribution is -0.384. The van der Waals surface area contributed by atoms with Crippen molar-refractivity contribution in [2.24, 2.45) is 0 Å². The van der Waals surface area contributed by atoms with Crippen LogP contribution in [0.3, 0.4) is 0 Å². The molecule has 0 unspecified atom stereocenters. The third-order valence-electron chi connectivity index (χ3n) is 2.09. The molecule has 5 nitrogen and oxygen atoms in total. The Hall–Kier alpha value is -1.88. The van der Waals surface area contributed by atoms with E-state index in [0.717, 1.165) is 0 Å². The predicted octanol–water partition coefficient (Wildman–Crippen LogP) is 2.74. The molecule has 0 spiro atoms. The van der Waals surface area contributed by atoms with Crippen molar-refractivity contribution in [3.05, 3.63) is 51.3 Å². The van der Waals surface area contributed by atoms with E-state index in [4.69, 9.17) is 11.6 Å². The van der Waals surface area contributed by atoms with E-state index in [0.29, 0.717) is 16.5 Å². The Labute approximate surface area is 96.4 Å². The van der Waals surface area contributed by atoms with E-state index in [9.17, 15) is 10.1 Å². The lowest BCUT2D eigenvalue weighted by atomic mass is 10.3. The maximum Gasteiger partial charge on any atom is 0.294 e. The topological polar surface area (TPSA) is 61.0 Å². The molecular weight excluding hydrogens is 230 g/mol. The zero-order valence-corrected chi connectivity index (χ0v) is 9.18. The Morgan fingerprint density at radius 2 is 2.12 bits per heavy atom. The van der Waals surface area contributed by atoms with Crippen LogP contribution in [0.1, 0.15) is 5.69 Å². The van der Waals surface area contributed by atoms with E-state index in [2.05, 4.69) is 5.10 Å². The minimum atomic E-state index is -0.456. The fourth-order valence-corrected chi connectivity index (χ4v) is 1.72. The Bertz CT molecular complexity index is 551. The number of benzene rings is 1. The summed E-state index contributed by atoms with van der Waals surface area (Å²) in [6.07, 6.45) is 0. The third-order valence-corrected chi connectivity index (χ3v) is 2.36. The van der Waals surface area contributed by atoms with Gasteiger partial charge in [-0.3, -0.25) is 10.1 Å². The van der Waals surface area contributed by atoms with Gasteiger partial charge in [0.1, 0.15) is 10.8 Å². The number of aryl methyl sites for hydroxylation is 1. The first-order chi connectivity index (χ1) is 7.59. The molecule has 2 aromatic rings. The van der Waals surface area contributed by atoms with Crippen LogP contribution in [-0.4, -0.2) is 14.7 Å². The van der Waals surface area contributed by atoms with Gasteiger partial charge in [0.25, 0.3) is 5.69 Å². The lowest BCUT2D eigenvalue weighted by Gasteiger charge is -2.03. The standard InChI is InChI=1S/C10H8ClN3O2/c1-7-6-10(11)13(12-7)8-4-2-3-5-9(8)14(15)16/h2-6H,1H3. The van der Waals surface area contributed by atoms with Crippen LogP contribution >= 0.6 is 11.6 Å². The number of hydrogen-bond acceptors (Lipinski definition) is 3. The molecule has 0 bridgehead atoms. The highest BCUT2D eigenvalue weighted by Gasteiger charge is 2.16. The number of hydrogen-bond donors (Lipinski definition) is 0. The van der Waals surface area contributed by atoms with Gasteiger partial charge < -0.3 is 0 Å². The molecule has 82 valence electrons. The molecule has 0 saturated heterocycles. The maximum atomic E-state index is 10.8. The Morgan fingerprint density at radius 3 is 2.69 bits per heavy atom. The van der Waals surface area contributed by atoms with E-state index in [1.54, 1.807) is 31.2 Å². The highest BCUT2D eigenvalue weighted by molar-refractivity contribution is 6.29. The quantitative estimate of drug-likeness (QED) is 0.596. The van der Waals surface area contributed by atoms with E-state index in [-0.39, 0.29) is 5.69 Å². The fraction of sp³-hybridized carbons (Fsp3) is 0.100. The van der Waals surface area contributed by atoms with E-state index >= 15 is 0 Å². The Kier molecular flexibility index (Phi) is 2.62. The van der Waals surface area contributed by atoms with Crippen molar-refractivity contribution in [1.29, 1.82) is 0 Å². The lowest BCUT2D eigenvalue weighted by Crippen LogP contribution is -2.01. The molecule has 16 heavy (non-hydrogen) atoms. The largest absolute Gasteiger partial charge is 0.294 e. The number of nitro benzene ring substituents is 1. The molecule has 0 N–H and O–H groups in total. The average Bonchev–Trinajstić information content (AvgIpc) is 2.57. The molecule has 0 saturated carbocycles. The number of halogens is 1. The summed E-state index contributed by atoms with van der Waals surface area (Å²) >= 11 is 5.93. The van der Waals surface area contributed by atoms with Gasteiger partial charge in [-0.2, -0.15) is 5.10 Å². The molecule has 0 radical (unpaired) electrons. The van der Waals surface area contributed by atoms with E-state index < -0.39 is 4.92 Å². The number of nitrogens with zero attached hydrogens (tertiary/aromatic N) is 3. The molecule has 0 aliphatic heterocycles. The second kappa shape index (κ2) is 3.94. The zero-order chi connectivity index (χ0) is 11.7. The van der Waals surface area contributed by atoms with Gasteiger partial charge in [0.05, 0.1) is 10.6 Å². The summed E-state index contributed by atoms with van der Waals surface area (Å²) in [4.78, 5) is 10.4. The molecular formula is C10H8ClN3O2. The van der Waals surface area contributed by atoms with Gasteiger partial charge in [-0.05, 0) is 19.1 Å². The number of nitro groups is 1. The van der Waals surface area contributed by atoms with Crippen molar-refractivity contribution in [3.63, 3.8) is 0 Å². The monoisotopic (exact) mass is 237 g/mol. The van der Waals surface area contributed by atoms with Crippen LogP contribution in [-0.2, 0) is 0 Å². The highest BCUT2D eigenvalue weighted by Crippen LogP contribution is 2.25. The van der Waals surface area contributed by atoms with Crippen LogP contribution in [0.25, 0.3) is 5.69 Å². The Morgan fingerprint density at radius 1 is 1.44 bits per heavy atom. The van der Waals surface area contributed by atoms with Gasteiger partial charge in [-0.1, -0.05) is 23.7 Å². The van der Waals surface area contributed by atoms with Crippen molar-refractivity contribution in [2.45, 2.75) is 6.92 Å². The molecule has 0 atom stereocenters. The number of rotatable bonds is 2. The van der Waals surface area contributed by atoms with Gasteiger partial charge in [0, 0.05) is 6.07 Å². The SMILES string of the molecule is Cc1cc(Cl)n(-c2ccccc2[N+](=O)[O-])n1. The smallest absolute Gasteiger partial charge is 0.258 e. The zero-order valence-electron chi connectivity index (χ0n) is 8.42. The van der Waals surface area contributed by atoms with Crippen LogP contribution in [0.2, 0.25) is 5.15 Å². The van der Waals surface area contributed by atoms with Crippen molar-refractivity contribution in [1.82, 2.24) is 9.78 Å².